The Bertz CT molecular complexity index is 1110. The van der Waals surface area contributed by atoms with Crippen LogP contribution in [0.1, 0.15) is 33.6 Å². The van der Waals surface area contributed by atoms with Gasteiger partial charge >= 0.3 is 0 Å². The lowest BCUT2D eigenvalue weighted by Crippen LogP contribution is -2.44. The highest BCUT2D eigenvalue weighted by molar-refractivity contribution is 6.24. The van der Waals surface area contributed by atoms with Crippen LogP contribution in [0.2, 0.25) is 0 Å². The summed E-state index contributed by atoms with van der Waals surface area (Å²) in [5.41, 5.74) is 2.52. The second-order valence-electron chi connectivity index (χ2n) is 8.04. The van der Waals surface area contributed by atoms with Crippen LogP contribution in [0.25, 0.3) is 10.8 Å². The molecule has 0 radical (unpaired) electrons. The third kappa shape index (κ3) is 3.15. The number of amides is 1. The van der Waals surface area contributed by atoms with Gasteiger partial charge in [-0.1, -0.05) is 24.3 Å². The van der Waals surface area contributed by atoms with Gasteiger partial charge in [-0.25, -0.2) is 0 Å². The summed E-state index contributed by atoms with van der Waals surface area (Å²) in [6, 6.07) is 19.3. The van der Waals surface area contributed by atoms with Crippen LogP contribution in [0.5, 0.6) is 5.75 Å². The average molecular weight is 400 g/mol. The number of hydrogen-bond donors (Lipinski definition) is 0. The first-order chi connectivity index (χ1) is 14.7. The smallest absolute Gasteiger partial charge is 0.260 e. The molecule has 3 aromatic rings. The van der Waals surface area contributed by atoms with E-state index in [0.29, 0.717) is 6.67 Å². The fraction of sp³-hybridized carbons (Fsp3) is 0.280. The van der Waals surface area contributed by atoms with Crippen molar-refractivity contribution in [1.82, 2.24) is 4.90 Å². The third-order valence-electron chi connectivity index (χ3n) is 6.32. The topological polar surface area (TPSA) is 49.9 Å². The zero-order valence-electron chi connectivity index (χ0n) is 17.0. The van der Waals surface area contributed by atoms with Gasteiger partial charge in [-0.2, -0.15) is 0 Å². The van der Waals surface area contributed by atoms with Crippen LogP contribution in [-0.4, -0.2) is 43.5 Å². The zero-order chi connectivity index (χ0) is 20.7. The van der Waals surface area contributed by atoms with E-state index >= 15 is 0 Å². The number of methoxy groups -OCH3 is 1. The molecule has 3 aromatic carbocycles. The quantitative estimate of drug-likeness (QED) is 0.597. The Kier molecular flexibility index (Phi) is 4.75. The first kappa shape index (κ1) is 18.8. The summed E-state index contributed by atoms with van der Waals surface area (Å²) in [7, 11) is 1.62. The zero-order valence-corrected chi connectivity index (χ0v) is 17.0. The summed E-state index contributed by atoms with van der Waals surface area (Å²) in [6.45, 7) is 2.18. The van der Waals surface area contributed by atoms with E-state index in [2.05, 4.69) is 17.0 Å². The molecule has 5 rings (SSSR count). The largest absolute Gasteiger partial charge is 0.497 e. The molecule has 0 unspecified atom stereocenters. The summed E-state index contributed by atoms with van der Waals surface area (Å²) in [5.74, 6) is 1.06. The molecule has 0 saturated carbocycles. The molecule has 0 aromatic heterocycles. The van der Waals surface area contributed by atoms with Crippen molar-refractivity contribution >= 4 is 28.2 Å². The summed E-state index contributed by atoms with van der Waals surface area (Å²) in [4.78, 5) is 30.0. The van der Waals surface area contributed by atoms with Gasteiger partial charge in [0.25, 0.3) is 5.91 Å². The van der Waals surface area contributed by atoms with E-state index in [4.69, 9.17) is 4.74 Å². The van der Waals surface area contributed by atoms with Gasteiger partial charge in [-0.3, -0.25) is 19.4 Å². The predicted octanol–water partition coefficient (Wildman–Crippen LogP) is 4.36. The summed E-state index contributed by atoms with van der Waals surface area (Å²) < 4.78 is 5.17. The lowest BCUT2D eigenvalue weighted by molar-refractivity contribution is 0.0825. The predicted molar refractivity (Wildman–Crippen MR) is 117 cm³/mol. The molecule has 152 valence electrons. The molecule has 1 amide bonds. The minimum absolute atomic E-state index is 0.0320. The number of carbonyl (C=O) groups excluding carboxylic acids is 2. The van der Waals surface area contributed by atoms with Crippen LogP contribution < -0.4 is 9.64 Å². The Hall–Kier alpha value is -3.18. The second kappa shape index (κ2) is 7.58. The fourth-order valence-electron chi connectivity index (χ4n) is 4.65. The third-order valence-corrected chi connectivity index (χ3v) is 6.32. The molecule has 5 nitrogen and oxygen atoms in total. The van der Waals surface area contributed by atoms with E-state index in [9.17, 15) is 9.59 Å². The van der Waals surface area contributed by atoms with Gasteiger partial charge in [0, 0.05) is 35.5 Å². The van der Waals surface area contributed by atoms with Gasteiger partial charge < -0.3 is 4.74 Å². The van der Waals surface area contributed by atoms with Gasteiger partial charge in [0.2, 0.25) is 0 Å². The lowest BCUT2D eigenvalue weighted by atomic mass is 9.89. The molecule has 30 heavy (non-hydrogen) atoms. The number of carbonyl (C=O) groups is 2. The van der Waals surface area contributed by atoms with Crippen molar-refractivity contribution in [3.8, 4) is 5.75 Å². The number of ketones is 1. The maximum atomic E-state index is 13.0. The maximum absolute atomic E-state index is 13.0. The number of rotatable bonds is 5. The number of anilines is 1. The van der Waals surface area contributed by atoms with Crippen LogP contribution in [0.4, 0.5) is 5.69 Å². The van der Waals surface area contributed by atoms with Crippen LogP contribution >= 0.6 is 0 Å². The van der Waals surface area contributed by atoms with Crippen molar-refractivity contribution in [2.75, 3.05) is 31.8 Å². The van der Waals surface area contributed by atoms with Crippen molar-refractivity contribution in [3.63, 3.8) is 0 Å². The van der Waals surface area contributed by atoms with Crippen LogP contribution in [0, 0.1) is 5.92 Å². The Morgan fingerprint density at radius 2 is 1.70 bits per heavy atom. The van der Waals surface area contributed by atoms with Crippen molar-refractivity contribution in [2.24, 2.45) is 5.92 Å². The van der Waals surface area contributed by atoms with Crippen LogP contribution in [0.15, 0.2) is 60.7 Å². The summed E-state index contributed by atoms with van der Waals surface area (Å²) in [6.07, 6.45) is 1.62. The number of likely N-dealkylation sites (tertiary alicyclic amines) is 1. The van der Waals surface area contributed by atoms with Crippen molar-refractivity contribution in [1.29, 1.82) is 0 Å². The van der Waals surface area contributed by atoms with Gasteiger partial charge in [0.05, 0.1) is 19.5 Å². The molecule has 0 N–H and O–H groups in total. The highest BCUT2D eigenvalue weighted by atomic mass is 16.5. The minimum atomic E-state index is 0.0320. The molecule has 2 aliphatic rings. The van der Waals surface area contributed by atoms with E-state index in [1.165, 1.54) is 0 Å². The highest BCUT2D eigenvalue weighted by Gasteiger charge is 2.32. The number of ether oxygens (including phenoxy) is 1. The first-order valence-corrected chi connectivity index (χ1v) is 10.4. The number of piperidine rings is 1. The number of benzene rings is 3. The number of hydrogen-bond acceptors (Lipinski definition) is 4. The van der Waals surface area contributed by atoms with E-state index < -0.39 is 0 Å². The maximum Gasteiger partial charge on any atom is 0.260 e. The summed E-state index contributed by atoms with van der Waals surface area (Å²) >= 11 is 0. The fourth-order valence-corrected chi connectivity index (χ4v) is 4.65. The van der Waals surface area contributed by atoms with Gasteiger partial charge in [-0.15, -0.1) is 0 Å². The van der Waals surface area contributed by atoms with Gasteiger partial charge in [0.1, 0.15) is 5.75 Å². The molecule has 1 saturated heterocycles. The molecule has 5 heteroatoms. The second-order valence-corrected chi connectivity index (χ2v) is 8.04. The standard InChI is InChI=1S/C25H24N2O3/c1-30-20-10-8-18(9-11-20)24(28)19-12-14-26(15-13-19)16-27-22-7-3-5-17-4-2-6-21(23(17)22)25(27)29/h2-11,19H,12-16H2,1H3. The molecule has 0 spiro atoms. The lowest BCUT2D eigenvalue weighted by Gasteiger charge is -2.34. The highest BCUT2D eigenvalue weighted by Crippen LogP contribution is 2.37. The van der Waals surface area contributed by atoms with E-state index in [0.717, 1.165) is 59.3 Å². The molecule has 1 fully saturated rings. The minimum Gasteiger partial charge on any atom is -0.497 e. The average Bonchev–Trinajstić information content (AvgIpc) is 3.07. The van der Waals surface area contributed by atoms with Gasteiger partial charge in [0.15, 0.2) is 5.78 Å². The van der Waals surface area contributed by atoms with Crippen LogP contribution in [-0.2, 0) is 0 Å². The Balaban J connectivity index is 1.25. The van der Waals surface area contributed by atoms with Crippen molar-refractivity contribution < 1.29 is 14.3 Å². The van der Waals surface area contributed by atoms with Gasteiger partial charge in [-0.05, 0) is 54.6 Å². The normalized spacial score (nSPS) is 17.0. The van der Waals surface area contributed by atoms with E-state index in [1.807, 2.05) is 53.4 Å². The number of Topliss-reactive ketones (excluding diaryl/α,β-unsaturated/α-hetero) is 1. The first-order valence-electron chi connectivity index (χ1n) is 10.4. The molecular weight excluding hydrogens is 376 g/mol. The molecule has 0 aliphatic carbocycles. The van der Waals surface area contributed by atoms with Crippen molar-refractivity contribution in [3.05, 3.63) is 71.8 Å². The number of nitrogens with zero attached hydrogens (tertiary/aromatic N) is 2. The Labute approximate surface area is 175 Å². The van der Waals surface area contributed by atoms with Crippen molar-refractivity contribution in [2.45, 2.75) is 12.8 Å². The molecule has 0 bridgehead atoms. The van der Waals surface area contributed by atoms with E-state index in [-0.39, 0.29) is 17.6 Å². The SMILES string of the molecule is COc1ccc(C(=O)C2CCN(CN3C(=O)c4cccc5cccc3c45)CC2)cc1. The Morgan fingerprint density at radius 3 is 2.40 bits per heavy atom. The van der Waals surface area contributed by atoms with E-state index in [1.54, 1.807) is 7.11 Å². The summed E-state index contributed by atoms with van der Waals surface area (Å²) in [5, 5.41) is 2.15. The monoisotopic (exact) mass is 400 g/mol. The molecule has 2 aliphatic heterocycles. The molecular formula is C25H24N2O3. The molecule has 2 heterocycles. The Morgan fingerprint density at radius 1 is 1.00 bits per heavy atom. The molecule has 0 atom stereocenters. The van der Waals surface area contributed by atoms with Crippen LogP contribution in [0.3, 0.4) is 0 Å².